The average Bonchev–Trinajstić information content (AvgIpc) is 2.49. The predicted octanol–water partition coefficient (Wildman–Crippen LogP) is 4.19. The van der Waals surface area contributed by atoms with Gasteiger partial charge in [0, 0.05) is 19.0 Å². The van der Waals surface area contributed by atoms with Gasteiger partial charge in [0.1, 0.15) is 0 Å². The van der Waals surface area contributed by atoms with Crippen LogP contribution in [0.2, 0.25) is 0 Å². The van der Waals surface area contributed by atoms with Gasteiger partial charge in [0.05, 0.1) is 5.56 Å². The van der Waals surface area contributed by atoms with Gasteiger partial charge in [-0.25, -0.2) is 8.78 Å². The van der Waals surface area contributed by atoms with Crippen LogP contribution in [0.1, 0.15) is 55.8 Å². The van der Waals surface area contributed by atoms with Crippen molar-refractivity contribution in [3.05, 3.63) is 35.4 Å². The summed E-state index contributed by atoms with van der Waals surface area (Å²) in [6.45, 7) is 3.81. The molecule has 1 heterocycles. The Bertz CT molecular complexity index is 488. The van der Waals surface area contributed by atoms with Crippen LogP contribution < -0.4 is 0 Å². The number of ketones is 1. The third-order valence-electron chi connectivity index (χ3n) is 4.25. The molecule has 0 N–H and O–H groups in total. The Kier molecular flexibility index (Phi) is 5.85. The second-order valence-corrected chi connectivity index (χ2v) is 5.75. The standard InChI is InChI=1S/C17H23F2NO/c1-2-6-13-7-3-4-11-20(13)12-10-16(21)14-8-5-9-15(18)17(14)19/h5,8-9,13H,2-4,6-7,10-12H2,1H3. The van der Waals surface area contributed by atoms with E-state index in [9.17, 15) is 13.6 Å². The lowest BCUT2D eigenvalue weighted by molar-refractivity contribution is 0.0914. The highest BCUT2D eigenvalue weighted by Gasteiger charge is 2.23. The van der Waals surface area contributed by atoms with Crippen LogP contribution in [0, 0.1) is 11.6 Å². The maximum Gasteiger partial charge on any atom is 0.169 e. The summed E-state index contributed by atoms with van der Waals surface area (Å²) < 4.78 is 26.8. The molecule has 1 fully saturated rings. The number of carbonyl (C=O) groups excluding carboxylic acids is 1. The van der Waals surface area contributed by atoms with Crippen LogP contribution in [-0.2, 0) is 0 Å². The molecule has 1 atom stereocenters. The van der Waals surface area contributed by atoms with Crippen molar-refractivity contribution in [2.45, 2.75) is 51.5 Å². The lowest BCUT2D eigenvalue weighted by Gasteiger charge is -2.35. The summed E-state index contributed by atoms with van der Waals surface area (Å²) in [5.41, 5.74) is -0.126. The lowest BCUT2D eigenvalue weighted by Crippen LogP contribution is -2.40. The summed E-state index contributed by atoms with van der Waals surface area (Å²) in [5.74, 6) is -2.29. The molecule has 1 unspecified atom stereocenters. The molecular weight excluding hydrogens is 272 g/mol. The van der Waals surface area contributed by atoms with Crippen molar-refractivity contribution in [3.8, 4) is 0 Å². The third kappa shape index (κ3) is 4.10. The van der Waals surface area contributed by atoms with Gasteiger partial charge in [-0.15, -0.1) is 0 Å². The van der Waals surface area contributed by atoms with Crippen LogP contribution >= 0.6 is 0 Å². The first kappa shape index (κ1) is 16.1. The lowest BCUT2D eigenvalue weighted by atomic mass is 9.97. The first-order valence-electron chi connectivity index (χ1n) is 7.84. The zero-order valence-corrected chi connectivity index (χ0v) is 12.6. The molecule has 0 aliphatic carbocycles. The third-order valence-corrected chi connectivity index (χ3v) is 4.25. The van der Waals surface area contributed by atoms with Crippen LogP contribution in [0.3, 0.4) is 0 Å². The topological polar surface area (TPSA) is 20.3 Å². The van der Waals surface area contributed by atoms with Crippen molar-refractivity contribution in [3.63, 3.8) is 0 Å². The Morgan fingerprint density at radius 3 is 2.90 bits per heavy atom. The van der Waals surface area contributed by atoms with E-state index < -0.39 is 11.6 Å². The van der Waals surface area contributed by atoms with Gasteiger partial charge in [-0.2, -0.15) is 0 Å². The number of nitrogens with zero attached hydrogens (tertiary/aromatic N) is 1. The van der Waals surface area contributed by atoms with Crippen LogP contribution in [0.4, 0.5) is 8.78 Å². The largest absolute Gasteiger partial charge is 0.300 e. The Morgan fingerprint density at radius 2 is 2.14 bits per heavy atom. The van der Waals surface area contributed by atoms with E-state index in [1.54, 1.807) is 0 Å². The van der Waals surface area contributed by atoms with E-state index in [-0.39, 0.29) is 17.8 Å². The highest BCUT2D eigenvalue weighted by molar-refractivity contribution is 5.96. The molecule has 1 aromatic carbocycles. The highest BCUT2D eigenvalue weighted by Crippen LogP contribution is 2.21. The van der Waals surface area contributed by atoms with Crippen LogP contribution in [0.25, 0.3) is 0 Å². The Morgan fingerprint density at radius 1 is 1.33 bits per heavy atom. The van der Waals surface area contributed by atoms with Crippen molar-refractivity contribution < 1.29 is 13.6 Å². The van der Waals surface area contributed by atoms with E-state index >= 15 is 0 Å². The highest BCUT2D eigenvalue weighted by atomic mass is 19.2. The number of hydrogen-bond donors (Lipinski definition) is 0. The molecule has 1 aliphatic heterocycles. The van der Waals surface area contributed by atoms with Crippen LogP contribution in [0.15, 0.2) is 18.2 Å². The number of piperidine rings is 1. The maximum absolute atomic E-state index is 13.6. The minimum absolute atomic E-state index is 0.126. The minimum atomic E-state index is -1.02. The molecule has 21 heavy (non-hydrogen) atoms. The van der Waals surface area contributed by atoms with Gasteiger partial charge < -0.3 is 0 Å². The van der Waals surface area contributed by atoms with Gasteiger partial charge in [-0.05, 0) is 37.9 Å². The Balaban J connectivity index is 1.95. The Labute approximate surface area is 125 Å². The molecule has 0 saturated carbocycles. The summed E-state index contributed by atoms with van der Waals surface area (Å²) in [5, 5.41) is 0. The number of hydrogen-bond acceptors (Lipinski definition) is 2. The quantitative estimate of drug-likeness (QED) is 0.733. The smallest absolute Gasteiger partial charge is 0.169 e. The fraction of sp³-hybridized carbons (Fsp3) is 0.588. The molecule has 0 bridgehead atoms. The number of carbonyl (C=O) groups is 1. The van der Waals surface area contributed by atoms with Gasteiger partial charge in [-0.1, -0.05) is 25.8 Å². The summed E-state index contributed by atoms with van der Waals surface area (Å²) in [4.78, 5) is 14.4. The van der Waals surface area contributed by atoms with Gasteiger partial charge in [0.15, 0.2) is 17.4 Å². The minimum Gasteiger partial charge on any atom is -0.300 e. The normalized spacial score (nSPS) is 19.7. The maximum atomic E-state index is 13.6. The molecule has 0 amide bonds. The molecule has 2 nitrogen and oxygen atoms in total. The van der Waals surface area contributed by atoms with E-state index in [1.807, 2.05) is 0 Å². The number of likely N-dealkylation sites (tertiary alicyclic amines) is 1. The van der Waals surface area contributed by atoms with Crippen molar-refractivity contribution in [2.24, 2.45) is 0 Å². The first-order chi connectivity index (χ1) is 10.1. The van der Waals surface area contributed by atoms with Crippen LogP contribution in [-0.4, -0.2) is 29.8 Å². The van der Waals surface area contributed by atoms with E-state index in [4.69, 9.17) is 0 Å². The Hall–Kier alpha value is -1.29. The van der Waals surface area contributed by atoms with E-state index in [1.165, 1.54) is 25.0 Å². The number of halogens is 2. The predicted molar refractivity (Wildman–Crippen MR) is 79.4 cm³/mol. The molecule has 4 heteroatoms. The average molecular weight is 295 g/mol. The molecule has 116 valence electrons. The number of rotatable bonds is 6. The summed E-state index contributed by atoms with van der Waals surface area (Å²) in [7, 11) is 0. The van der Waals surface area contributed by atoms with Crippen molar-refractivity contribution in [1.82, 2.24) is 4.90 Å². The molecule has 1 aromatic rings. The van der Waals surface area contributed by atoms with Crippen molar-refractivity contribution in [1.29, 1.82) is 0 Å². The molecule has 1 aliphatic rings. The number of benzene rings is 1. The molecule has 2 rings (SSSR count). The second kappa shape index (κ2) is 7.64. The van der Waals surface area contributed by atoms with Gasteiger partial charge in [-0.3, -0.25) is 9.69 Å². The monoisotopic (exact) mass is 295 g/mol. The summed E-state index contributed by atoms with van der Waals surface area (Å²) in [6.07, 6.45) is 6.10. The zero-order valence-electron chi connectivity index (χ0n) is 12.6. The van der Waals surface area contributed by atoms with E-state index in [2.05, 4.69) is 11.8 Å². The molecule has 1 saturated heterocycles. The molecular formula is C17H23F2NO. The van der Waals surface area contributed by atoms with Gasteiger partial charge in [0.2, 0.25) is 0 Å². The van der Waals surface area contributed by atoms with Gasteiger partial charge in [0.25, 0.3) is 0 Å². The van der Waals surface area contributed by atoms with E-state index in [0.29, 0.717) is 12.6 Å². The molecule has 0 radical (unpaired) electrons. The SMILES string of the molecule is CCCC1CCCCN1CCC(=O)c1cccc(F)c1F. The van der Waals surface area contributed by atoms with Crippen molar-refractivity contribution in [2.75, 3.05) is 13.1 Å². The second-order valence-electron chi connectivity index (χ2n) is 5.75. The summed E-state index contributed by atoms with van der Waals surface area (Å²) >= 11 is 0. The fourth-order valence-electron chi connectivity index (χ4n) is 3.11. The van der Waals surface area contributed by atoms with Crippen LogP contribution in [0.5, 0.6) is 0 Å². The zero-order chi connectivity index (χ0) is 15.2. The summed E-state index contributed by atoms with van der Waals surface area (Å²) in [6, 6.07) is 4.31. The van der Waals surface area contributed by atoms with Gasteiger partial charge >= 0.3 is 0 Å². The number of Topliss-reactive ketones (excluding diaryl/α,β-unsaturated/α-hetero) is 1. The fourth-order valence-corrected chi connectivity index (χ4v) is 3.11. The first-order valence-corrected chi connectivity index (χ1v) is 7.84. The molecule has 0 spiro atoms. The van der Waals surface area contributed by atoms with E-state index in [0.717, 1.165) is 31.9 Å². The molecule has 0 aromatic heterocycles. The van der Waals surface area contributed by atoms with Crippen molar-refractivity contribution >= 4 is 5.78 Å².